The topological polar surface area (TPSA) is 35.5 Å². The van der Waals surface area contributed by atoms with E-state index in [1.165, 1.54) is 37.1 Å². The van der Waals surface area contributed by atoms with E-state index in [1.807, 2.05) is 0 Å². The van der Waals surface area contributed by atoms with Crippen LogP contribution in [-0.2, 0) is 4.79 Å². The van der Waals surface area contributed by atoms with Gasteiger partial charge in [0.2, 0.25) is 0 Å². The fraction of sp³-hybridized carbons (Fsp3) is 0.588. The first-order valence-corrected chi connectivity index (χ1v) is 7.85. The molecule has 3 nitrogen and oxygen atoms in total. The van der Waals surface area contributed by atoms with Crippen LogP contribution in [0.15, 0.2) is 24.3 Å². The molecule has 0 bridgehead atoms. The molecule has 0 heterocycles. The summed E-state index contributed by atoms with van der Waals surface area (Å²) in [5.74, 6) is 0.875. The molecule has 1 aromatic rings. The number of benzene rings is 1. The van der Waals surface area contributed by atoms with Gasteiger partial charge in [0.25, 0.3) is 0 Å². The fourth-order valence-electron chi connectivity index (χ4n) is 2.98. The zero-order valence-corrected chi connectivity index (χ0v) is 12.8. The standard InChI is InChI=1S/C17H22F2O3/c1-2-3-12-4-6-13(7-5-12)16(20)21-14-8-10-15(11-9-14)22-17(18)19/h8-13,17H,2-7H2,1H3/t12-,13-. The minimum absolute atomic E-state index is 0.0508. The van der Waals surface area contributed by atoms with E-state index in [0.717, 1.165) is 31.6 Å². The molecule has 1 aromatic carbocycles. The molecule has 1 aliphatic carbocycles. The van der Waals surface area contributed by atoms with Crippen LogP contribution in [0.1, 0.15) is 45.4 Å². The highest BCUT2D eigenvalue weighted by atomic mass is 19.3. The third kappa shape index (κ3) is 4.97. The van der Waals surface area contributed by atoms with E-state index in [-0.39, 0.29) is 17.6 Å². The Morgan fingerprint density at radius 3 is 2.27 bits per heavy atom. The third-order valence-corrected chi connectivity index (χ3v) is 4.14. The van der Waals surface area contributed by atoms with Crippen LogP contribution in [0.2, 0.25) is 0 Å². The van der Waals surface area contributed by atoms with Gasteiger partial charge in [-0.25, -0.2) is 0 Å². The van der Waals surface area contributed by atoms with Crippen LogP contribution >= 0.6 is 0 Å². The van der Waals surface area contributed by atoms with Crippen molar-refractivity contribution < 1.29 is 23.0 Å². The molecule has 0 atom stereocenters. The quantitative estimate of drug-likeness (QED) is 0.559. The van der Waals surface area contributed by atoms with Gasteiger partial charge in [0.1, 0.15) is 11.5 Å². The maximum atomic E-state index is 12.1. The Kier molecular flexibility index (Phi) is 6.16. The maximum absolute atomic E-state index is 12.1. The average Bonchev–Trinajstić information content (AvgIpc) is 2.50. The van der Waals surface area contributed by atoms with E-state index in [9.17, 15) is 13.6 Å². The van der Waals surface area contributed by atoms with E-state index in [2.05, 4.69) is 11.7 Å². The molecule has 0 saturated heterocycles. The molecule has 0 amide bonds. The zero-order valence-electron chi connectivity index (χ0n) is 12.8. The Hall–Kier alpha value is -1.65. The molecule has 2 rings (SSSR count). The van der Waals surface area contributed by atoms with Crippen molar-refractivity contribution in [2.75, 3.05) is 0 Å². The molecule has 0 N–H and O–H groups in total. The van der Waals surface area contributed by atoms with Gasteiger partial charge in [-0.15, -0.1) is 0 Å². The van der Waals surface area contributed by atoms with Crippen LogP contribution in [0, 0.1) is 11.8 Å². The number of alkyl halides is 2. The molecular weight excluding hydrogens is 290 g/mol. The summed E-state index contributed by atoms with van der Waals surface area (Å²) in [6.45, 7) is -0.673. The first kappa shape index (κ1) is 16.7. The summed E-state index contributed by atoms with van der Waals surface area (Å²) in [6.07, 6.45) is 6.32. The van der Waals surface area contributed by atoms with Gasteiger partial charge in [-0.2, -0.15) is 8.78 Å². The van der Waals surface area contributed by atoms with Crippen LogP contribution in [0.5, 0.6) is 11.5 Å². The zero-order chi connectivity index (χ0) is 15.9. The lowest BCUT2D eigenvalue weighted by atomic mass is 9.80. The number of carbonyl (C=O) groups excluding carboxylic acids is 1. The largest absolute Gasteiger partial charge is 0.435 e. The molecule has 1 saturated carbocycles. The fourth-order valence-corrected chi connectivity index (χ4v) is 2.98. The predicted octanol–water partition coefficient (Wildman–Crippen LogP) is 4.80. The normalized spacial score (nSPS) is 21.6. The van der Waals surface area contributed by atoms with E-state index in [0.29, 0.717) is 5.75 Å². The number of esters is 1. The van der Waals surface area contributed by atoms with Gasteiger partial charge in [0.15, 0.2) is 0 Å². The summed E-state index contributed by atoms with van der Waals surface area (Å²) >= 11 is 0. The van der Waals surface area contributed by atoms with Crippen molar-refractivity contribution in [2.24, 2.45) is 11.8 Å². The third-order valence-electron chi connectivity index (χ3n) is 4.14. The molecule has 122 valence electrons. The number of hydrogen-bond acceptors (Lipinski definition) is 3. The second-order valence-corrected chi connectivity index (χ2v) is 5.78. The van der Waals surface area contributed by atoms with Crippen molar-refractivity contribution in [2.45, 2.75) is 52.1 Å². The number of halogens is 2. The van der Waals surface area contributed by atoms with Crippen LogP contribution < -0.4 is 9.47 Å². The van der Waals surface area contributed by atoms with E-state index >= 15 is 0 Å². The SMILES string of the molecule is CCC[C@H]1CC[C@H](C(=O)Oc2ccc(OC(F)F)cc2)CC1. The summed E-state index contributed by atoms with van der Waals surface area (Å²) < 4.78 is 33.7. The first-order chi connectivity index (χ1) is 10.6. The molecule has 1 fully saturated rings. The Morgan fingerprint density at radius 1 is 1.14 bits per heavy atom. The molecular formula is C17H22F2O3. The second-order valence-electron chi connectivity index (χ2n) is 5.78. The van der Waals surface area contributed by atoms with Crippen molar-refractivity contribution in [3.8, 4) is 11.5 Å². The van der Waals surface area contributed by atoms with Crippen molar-refractivity contribution in [1.82, 2.24) is 0 Å². The Bertz CT molecular complexity index is 465. The summed E-state index contributed by atoms with van der Waals surface area (Å²) in [5.41, 5.74) is 0. The smallest absolute Gasteiger partial charge is 0.387 e. The summed E-state index contributed by atoms with van der Waals surface area (Å²) in [6, 6.07) is 5.68. The summed E-state index contributed by atoms with van der Waals surface area (Å²) in [4.78, 5) is 12.1. The van der Waals surface area contributed by atoms with Gasteiger partial charge in [0, 0.05) is 0 Å². The van der Waals surface area contributed by atoms with Gasteiger partial charge in [-0.1, -0.05) is 19.8 Å². The lowest BCUT2D eigenvalue weighted by molar-refractivity contribution is -0.140. The number of carbonyl (C=O) groups is 1. The van der Waals surface area contributed by atoms with Crippen molar-refractivity contribution in [1.29, 1.82) is 0 Å². The number of ether oxygens (including phenoxy) is 2. The molecule has 0 unspecified atom stereocenters. The Morgan fingerprint density at radius 2 is 1.73 bits per heavy atom. The first-order valence-electron chi connectivity index (χ1n) is 7.85. The Balaban J connectivity index is 1.82. The van der Waals surface area contributed by atoms with E-state index in [4.69, 9.17) is 4.74 Å². The highest BCUT2D eigenvalue weighted by Crippen LogP contribution is 2.32. The molecule has 0 aliphatic heterocycles. The number of rotatable bonds is 6. The van der Waals surface area contributed by atoms with E-state index < -0.39 is 6.61 Å². The van der Waals surface area contributed by atoms with Gasteiger partial charge >= 0.3 is 12.6 Å². The van der Waals surface area contributed by atoms with Gasteiger partial charge < -0.3 is 9.47 Å². The number of hydrogen-bond donors (Lipinski definition) is 0. The van der Waals surface area contributed by atoms with Crippen LogP contribution in [0.3, 0.4) is 0 Å². The molecule has 0 aromatic heterocycles. The molecule has 22 heavy (non-hydrogen) atoms. The molecule has 0 radical (unpaired) electrons. The van der Waals surface area contributed by atoms with Crippen LogP contribution in [0.25, 0.3) is 0 Å². The van der Waals surface area contributed by atoms with Crippen LogP contribution in [0.4, 0.5) is 8.78 Å². The maximum Gasteiger partial charge on any atom is 0.387 e. The molecule has 1 aliphatic rings. The van der Waals surface area contributed by atoms with Crippen molar-refractivity contribution in [3.05, 3.63) is 24.3 Å². The monoisotopic (exact) mass is 312 g/mol. The highest BCUT2D eigenvalue weighted by molar-refractivity contribution is 5.75. The minimum atomic E-state index is -2.85. The van der Waals surface area contributed by atoms with Gasteiger partial charge in [-0.05, 0) is 55.9 Å². The lowest BCUT2D eigenvalue weighted by Gasteiger charge is -2.26. The lowest BCUT2D eigenvalue weighted by Crippen LogP contribution is -2.25. The van der Waals surface area contributed by atoms with E-state index in [1.54, 1.807) is 0 Å². The van der Waals surface area contributed by atoms with Gasteiger partial charge in [0.05, 0.1) is 5.92 Å². The summed E-state index contributed by atoms with van der Waals surface area (Å²) in [7, 11) is 0. The Labute approximate surface area is 129 Å². The summed E-state index contributed by atoms with van der Waals surface area (Å²) in [5, 5.41) is 0. The molecule has 5 heteroatoms. The average molecular weight is 312 g/mol. The predicted molar refractivity (Wildman–Crippen MR) is 79.1 cm³/mol. The minimum Gasteiger partial charge on any atom is -0.435 e. The van der Waals surface area contributed by atoms with Crippen molar-refractivity contribution >= 4 is 5.97 Å². The van der Waals surface area contributed by atoms with Gasteiger partial charge in [-0.3, -0.25) is 4.79 Å². The highest BCUT2D eigenvalue weighted by Gasteiger charge is 2.27. The second kappa shape index (κ2) is 8.11. The van der Waals surface area contributed by atoms with Crippen molar-refractivity contribution in [3.63, 3.8) is 0 Å². The van der Waals surface area contributed by atoms with Crippen LogP contribution in [-0.4, -0.2) is 12.6 Å². The molecule has 0 spiro atoms.